The molecule has 3 aromatic heterocycles. The summed E-state index contributed by atoms with van der Waals surface area (Å²) in [5.41, 5.74) is 4.22. The van der Waals surface area contributed by atoms with Gasteiger partial charge in [0.1, 0.15) is 17.9 Å². The number of aromatic amines is 1. The maximum absolute atomic E-state index is 11.8. The summed E-state index contributed by atoms with van der Waals surface area (Å²) in [6.07, 6.45) is 8.94. The van der Waals surface area contributed by atoms with Crippen LogP contribution in [0.25, 0.3) is 17.2 Å². The van der Waals surface area contributed by atoms with E-state index >= 15 is 0 Å². The van der Waals surface area contributed by atoms with Crippen LogP contribution >= 0.6 is 0 Å². The molecule has 0 radical (unpaired) electrons. The largest absolute Gasteiger partial charge is 0.374 e. The van der Waals surface area contributed by atoms with Gasteiger partial charge in [0.05, 0.1) is 18.1 Å². The number of pyridine rings is 1. The van der Waals surface area contributed by atoms with Crippen molar-refractivity contribution in [3.63, 3.8) is 0 Å². The fourth-order valence-electron chi connectivity index (χ4n) is 3.88. The first-order chi connectivity index (χ1) is 16.6. The summed E-state index contributed by atoms with van der Waals surface area (Å²) in [5, 5.41) is 26.5. The first-order valence-corrected chi connectivity index (χ1v) is 11.1. The molecule has 3 N–H and O–H groups in total. The lowest BCUT2D eigenvalue weighted by molar-refractivity contribution is 0.137. The molecular weight excluding hydrogens is 430 g/mol. The fraction of sp³-hybridized carbons (Fsp3) is 0.240. The fourth-order valence-corrected chi connectivity index (χ4v) is 3.88. The molecule has 1 aliphatic rings. The zero-order valence-electron chi connectivity index (χ0n) is 18.3. The normalized spacial score (nSPS) is 14.4. The van der Waals surface area contributed by atoms with E-state index in [1.807, 2.05) is 12.1 Å². The van der Waals surface area contributed by atoms with Gasteiger partial charge in [-0.05, 0) is 36.0 Å². The minimum Gasteiger partial charge on any atom is -0.374 e. The molecule has 9 nitrogen and oxygen atoms in total. The predicted octanol–water partition coefficient (Wildman–Crippen LogP) is 2.94. The van der Waals surface area contributed by atoms with Crippen molar-refractivity contribution in [2.45, 2.75) is 38.0 Å². The van der Waals surface area contributed by atoms with E-state index in [0.29, 0.717) is 12.1 Å². The molecule has 0 saturated heterocycles. The molecule has 1 unspecified atom stereocenters. The Morgan fingerprint density at radius 3 is 2.62 bits per heavy atom. The van der Waals surface area contributed by atoms with Crippen molar-refractivity contribution < 1.29 is 5.11 Å². The molecule has 9 heteroatoms. The first kappa shape index (κ1) is 21.7. The van der Waals surface area contributed by atoms with Gasteiger partial charge in [-0.2, -0.15) is 10.4 Å². The Balaban J connectivity index is 1.19. The van der Waals surface area contributed by atoms with E-state index in [-0.39, 0.29) is 11.5 Å². The number of H-pyrrole nitrogens is 1. The molecule has 1 fully saturated rings. The van der Waals surface area contributed by atoms with E-state index in [1.165, 1.54) is 41.9 Å². The molecule has 4 aromatic rings. The zero-order chi connectivity index (χ0) is 23.5. The van der Waals surface area contributed by atoms with E-state index in [0.717, 1.165) is 22.7 Å². The number of aliphatic hydroxyl groups is 1. The van der Waals surface area contributed by atoms with Crippen molar-refractivity contribution in [3.05, 3.63) is 93.8 Å². The number of aliphatic hydroxyl groups excluding tert-OH is 1. The van der Waals surface area contributed by atoms with Crippen molar-refractivity contribution in [2.75, 3.05) is 0 Å². The van der Waals surface area contributed by atoms with Gasteiger partial charge in [0.15, 0.2) is 0 Å². The lowest BCUT2D eigenvalue weighted by atomic mass is 9.80. The van der Waals surface area contributed by atoms with Crippen molar-refractivity contribution >= 4 is 0 Å². The van der Waals surface area contributed by atoms with Crippen LogP contribution in [0.2, 0.25) is 0 Å². The van der Waals surface area contributed by atoms with Crippen LogP contribution in [0.4, 0.5) is 0 Å². The molecule has 5 rings (SSSR count). The Morgan fingerprint density at radius 1 is 1.15 bits per heavy atom. The molecule has 3 heterocycles. The molecule has 0 aliphatic heterocycles. The van der Waals surface area contributed by atoms with Gasteiger partial charge in [0.2, 0.25) is 5.95 Å². The minimum absolute atomic E-state index is 0.0804. The highest BCUT2D eigenvalue weighted by Crippen LogP contribution is 2.36. The Labute approximate surface area is 195 Å². The summed E-state index contributed by atoms with van der Waals surface area (Å²) in [6.45, 7) is 0.409. The average molecular weight is 454 g/mol. The smallest absolute Gasteiger partial charge is 0.270 e. The number of hydrogen-bond donors (Lipinski definition) is 3. The molecule has 170 valence electrons. The summed E-state index contributed by atoms with van der Waals surface area (Å²) >= 11 is 0. The Morgan fingerprint density at radius 2 is 1.97 bits per heavy atom. The van der Waals surface area contributed by atoms with Gasteiger partial charge in [0, 0.05) is 30.1 Å². The van der Waals surface area contributed by atoms with Crippen LogP contribution in [0.15, 0.2) is 66.0 Å². The van der Waals surface area contributed by atoms with E-state index in [1.54, 1.807) is 18.5 Å². The Hall–Kier alpha value is -4.13. The highest BCUT2D eigenvalue weighted by atomic mass is 16.3. The maximum atomic E-state index is 11.8. The molecule has 0 bridgehead atoms. The van der Waals surface area contributed by atoms with Crippen molar-refractivity contribution in [2.24, 2.45) is 0 Å². The minimum atomic E-state index is -0.974. The van der Waals surface area contributed by atoms with Gasteiger partial charge in [-0.15, -0.1) is 0 Å². The monoisotopic (exact) mass is 453 g/mol. The average Bonchev–Trinajstić information content (AvgIpc) is 3.33. The quantitative estimate of drug-likeness (QED) is 0.367. The van der Waals surface area contributed by atoms with Gasteiger partial charge >= 0.3 is 0 Å². The third-order valence-electron chi connectivity index (χ3n) is 6.15. The summed E-state index contributed by atoms with van der Waals surface area (Å²) in [6, 6.07) is 14.4. The van der Waals surface area contributed by atoms with Crippen LogP contribution in [-0.4, -0.2) is 29.8 Å². The van der Waals surface area contributed by atoms with Crippen LogP contribution in [0.5, 0.6) is 0 Å². The lowest BCUT2D eigenvalue weighted by Gasteiger charge is -2.25. The second kappa shape index (κ2) is 9.39. The number of aromatic nitrogens is 5. The summed E-state index contributed by atoms with van der Waals surface area (Å²) in [7, 11) is 0. The number of nitrogens with one attached hydrogen (secondary N) is 2. The van der Waals surface area contributed by atoms with Gasteiger partial charge in [-0.25, -0.2) is 9.67 Å². The van der Waals surface area contributed by atoms with Crippen molar-refractivity contribution in [1.29, 1.82) is 5.26 Å². The SMILES string of the molecule is N#Cc1cnc(-n2cc(C(O)NCc3ccc(-c4ccc(C5CCC5)cc4)nc3)cn2)[nH]c1=O. The Bertz CT molecular complexity index is 1380. The third kappa shape index (κ3) is 4.50. The number of nitriles is 1. The van der Waals surface area contributed by atoms with Crippen molar-refractivity contribution in [1.82, 2.24) is 30.0 Å². The van der Waals surface area contributed by atoms with Gasteiger partial charge < -0.3 is 5.11 Å². The second-order valence-corrected chi connectivity index (χ2v) is 8.36. The summed E-state index contributed by atoms with van der Waals surface area (Å²) in [4.78, 5) is 22.9. The van der Waals surface area contributed by atoms with E-state index in [4.69, 9.17) is 5.26 Å². The number of benzene rings is 1. The van der Waals surface area contributed by atoms with Crippen molar-refractivity contribution in [3.8, 4) is 23.3 Å². The highest BCUT2D eigenvalue weighted by molar-refractivity contribution is 5.59. The molecule has 1 atom stereocenters. The second-order valence-electron chi connectivity index (χ2n) is 8.36. The molecule has 1 saturated carbocycles. The molecular formula is C25H23N7O2. The van der Waals surface area contributed by atoms with Gasteiger partial charge in [-0.1, -0.05) is 36.8 Å². The van der Waals surface area contributed by atoms with Crippen LogP contribution in [0.1, 0.15) is 53.7 Å². The Kier molecular flexibility index (Phi) is 5.99. The number of nitrogens with zero attached hydrogens (tertiary/aromatic N) is 5. The molecule has 1 aliphatic carbocycles. The first-order valence-electron chi connectivity index (χ1n) is 11.1. The molecule has 1 aromatic carbocycles. The topological polar surface area (TPSA) is 133 Å². The molecule has 0 amide bonds. The van der Waals surface area contributed by atoms with Crippen LogP contribution in [-0.2, 0) is 6.54 Å². The van der Waals surface area contributed by atoms with Crippen LogP contribution < -0.4 is 10.9 Å². The van der Waals surface area contributed by atoms with E-state index < -0.39 is 11.8 Å². The highest BCUT2D eigenvalue weighted by Gasteiger charge is 2.19. The predicted molar refractivity (Wildman–Crippen MR) is 125 cm³/mol. The standard InChI is InChI=1S/C25H23N7O2/c26-10-20-13-29-25(31-24(20)34)32-15-21(14-30-32)23(33)28-12-16-4-9-22(27-11-16)19-7-5-18(6-8-19)17-2-1-3-17/h4-9,11,13-15,17,23,28,33H,1-3,12H2,(H,29,31,34). The van der Waals surface area contributed by atoms with Gasteiger partial charge in [0.25, 0.3) is 5.56 Å². The molecule has 34 heavy (non-hydrogen) atoms. The van der Waals surface area contributed by atoms with Crippen LogP contribution in [0.3, 0.4) is 0 Å². The lowest BCUT2D eigenvalue weighted by Crippen LogP contribution is -2.20. The summed E-state index contributed by atoms with van der Waals surface area (Å²) < 4.78 is 1.33. The number of hydrogen-bond acceptors (Lipinski definition) is 7. The zero-order valence-corrected chi connectivity index (χ0v) is 18.3. The maximum Gasteiger partial charge on any atom is 0.270 e. The number of rotatable bonds is 7. The van der Waals surface area contributed by atoms with E-state index in [2.05, 4.69) is 49.6 Å². The van der Waals surface area contributed by atoms with E-state index in [9.17, 15) is 9.90 Å². The van der Waals surface area contributed by atoms with Crippen LogP contribution in [0, 0.1) is 11.3 Å². The van der Waals surface area contributed by atoms with Gasteiger partial charge in [-0.3, -0.25) is 20.1 Å². The molecule has 0 spiro atoms. The third-order valence-corrected chi connectivity index (χ3v) is 6.15. The summed E-state index contributed by atoms with van der Waals surface area (Å²) in [5.74, 6) is 0.875.